The summed E-state index contributed by atoms with van der Waals surface area (Å²) >= 11 is 12.1. The summed E-state index contributed by atoms with van der Waals surface area (Å²) in [4.78, 5) is 27.3. The molecule has 2 aromatic heterocycles. The molecule has 1 saturated heterocycles. The van der Waals surface area contributed by atoms with Crippen LogP contribution in [0.1, 0.15) is 30.9 Å². The van der Waals surface area contributed by atoms with Crippen LogP contribution in [0.15, 0.2) is 30.9 Å². The van der Waals surface area contributed by atoms with Crippen LogP contribution in [-0.4, -0.2) is 43.4 Å². The fraction of sp³-hybridized carbons (Fsp3) is 0.368. The van der Waals surface area contributed by atoms with Crippen LogP contribution in [0.25, 0.3) is 11.2 Å². The minimum atomic E-state index is 0.123. The minimum Gasteiger partial charge on any atom is -0.382 e. The zero-order valence-corrected chi connectivity index (χ0v) is 16.7. The van der Waals surface area contributed by atoms with Crippen molar-refractivity contribution >= 4 is 46.1 Å². The van der Waals surface area contributed by atoms with Crippen LogP contribution in [-0.2, 0) is 11.2 Å². The average molecular weight is 419 g/mol. The van der Waals surface area contributed by atoms with Gasteiger partial charge in [-0.05, 0) is 43.0 Å². The molecule has 4 rings (SSSR count). The summed E-state index contributed by atoms with van der Waals surface area (Å²) in [6.07, 6.45) is 6.10. The largest absolute Gasteiger partial charge is 0.382 e. The van der Waals surface area contributed by atoms with Crippen molar-refractivity contribution < 1.29 is 4.79 Å². The summed E-state index contributed by atoms with van der Waals surface area (Å²) in [7, 11) is 0. The van der Waals surface area contributed by atoms with E-state index in [1.165, 1.54) is 6.33 Å². The van der Waals surface area contributed by atoms with E-state index in [-0.39, 0.29) is 11.9 Å². The van der Waals surface area contributed by atoms with Gasteiger partial charge in [-0.2, -0.15) is 0 Å². The SMILES string of the molecule is Nc1ncnc2c1ncn2C1CCCN(C(=O)CCc2cc(Cl)cc(Cl)c2)C1. The van der Waals surface area contributed by atoms with E-state index in [0.29, 0.717) is 46.4 Å². The molecular weight excluding hydrogens is 399 g/mol. The third-order valence-corrected chi connectivity index (χ3v) is 5.52. The number of rotatable bonds is 4. The van der Waals surface area contributed by atoms with Crippen molar-refractivity contribution in [1.82, 2.24) is 24.4 Å². The summed E-state index contributed by atoms with van der Waals surface area (Å²) in [5.41, 5.74) is 8.15. The number of carbonyl (C=O) groups excluding carboxylic acids is 1. The van der Waals surface area contributed by atoms with Crippen LogP contribution in [0.4, 0.5) is 5.82 Å². The van der Waals surface area contributed by atoms with Crippen molar-refractivity contribution in [2.24, 2.45) is 0 Å². The second-order valence-corrected chi connectivity index (χ2v) is 7.87. The molecule has 0 aliphatic carbocycles. The molecule has 3 heterocycles. The van der Waals surface area contributed by atoms with E-state index in [0.717, 1.165) is 24.9 Å². The van der Waals surface area contributed by atoms with E-state index in [4.69, 9.17) is 28.9 Å². The number of amides is 1. The standard InChI is InChI=1S/C19H20Cl2N6O/c20-13-6-12(7-14(21)8-13)3-4-16(28)26-5-1-2-15(9-26)27-11-25-17-18(22)23-10-24-19(17)27/h6-8,10-11,15H,1-5,9H2,(H2,22,23,24). The maximum absolute atomic E-state index is 12.8. The van der Waals surface area contributed by atoms with E-state index >= 15 is 0 Å². The first-order valence-electron chi connectivity index (χ1n) is 9.17. The van der Waals surface area contributed by atoms with E-state index in [9.17, 15) is 4.79 Å². The van der Waals surface area contributed by atoms with Gasteiger partial charge in [-0.15, -0.1) is 0 Å². The predicted octanol–water partition coefficient (Wildman–Crippen LogP) is 3.51. The Labute approximate surface area is 172 Å². The molecule has 1 atom stereocenters. The van der Waals surface area contributed by atoms with Gasteiger partial charge in [0.1, 0.15) is 11.8 Å². The lowest BCUT2D eigenvalue weighted by molar-refractivity contribution is -0.132. The van der Waals surface area contributed by atoms with Gasteiger partial charge in [0.05, 0.1) is 12.4 Å². The highest BCUT2D eigenvalue weighted by atomic mass is 35.5. The van der Waals surface area contributed by atoms with Crippen LogP contribution in [0, 0.1) is 0 Å². The molecule has 146 valence electrons. The first-order valence-corrected chi connectivity index (χ1v) is 9.92. The molecule has 1 fully saturated rings. The molecule has 7 nitrogen and oxygen atoms in total. The van der Waals surface area contributed by atoms with Gasteiger partial charge in [-0.1, -0.05) is 23.2 Å². The number of hydrogen-bond donors (Lipinski definition) is 1. The Morgan fingerprint density at radius 2 is 1.96 bits per heavy atom. The summed E-state index contributed by atoms with van der Waals surface area (Å²) in [6, 6.07) is 5.51. The molecule has 0 spiro atoms. The number of aromatic nitrogens is 4. The van der Waals surface area contributed by atoms with Gasteiger partial charge in [0, 0.05) is 29.6 Å². The predicted molar refractivity (Wildman–Crippen MR) is 109 cm³/mol. The third kappa shape index (κ3) is 3.91. The highest BCUT2D eigenvalue weighted by molar-refractivity contribution is 6.34. The minimum absolute atomic E-state index is 0.123. The molecule has 1 aromatic carbocycles. The highest BCUT2D eigenvalue weighted by Crippen LogP contribution is 2.27. The van der Waals surface area contributed by atoms with Gasteiger partial charge in [-0.25, -0.2) is 15.0 Å². The molecule has 0 bridgehead atoms. The van der Waals surface area contributed by atoms with Crippen molar-refractivity contribution in [3.05, 3.63) is 46.5 Å². The fourth-order valence-corrected chi connectivity index (χ4v) is 4.28. The van der Waals surface area contributed by atoms with Gasteiger partial charge in [0.15, 0.2) is 11.5 Å². The second-order valence-electron chi connectivity index (χ2n) is 7.00. The number of nitrogen functional groups attached to an aromatic ring is 1. The number of aryl methyl sites for hydroxylation is 1. The van der Waals surface area contributed by atoms with E-state index in [2.05, 4.69) is 15.0 Å². The number of imidazole rings is 1. The Bertz CT molecular complexity index is 1000. The molecule has 3 aromatic rings. The number of anilines is 1. The fourth-order valence-electron chi connectivity index (χ4n) is 3.71. The third-order valence-electron chi connectivity index (χ3n) is 5.08. The Morgan fingerprint density at radius 3 is 2.75 bits per heavy atom. The van der Waals surface area contributed by atoms with Crippen molar-refractivity contribution in [2.45, 2.75) is 31.7 Å². The van der Waals surface area contributed by atoms with Crippen molar-refractivity contribution in [3.8, 4) is 0 Å². The molecule has 1 amide bonds. The summed E-state index contributed by atoms with van der Waals surface area (Å²) in [6.45, 7) is 1.39. The quantitative estimate of drug-likeness (QED) is 0.699. The Balaban J connectivity index is 1.44. The van der Waals surface area contributed by atoms with Gasteiger partial charge < -0.3 is 15.2 Å². The number of carbonyl (C=O) groups is 1. The van der Waals surface area contributed by atoms with Gasteiger partial charge in [0.25, 0.3) is 0 Å². The maximum atomic E-state index is 12.8. The van der Waals surface area contributed by atoms with Crippen LogP contribution in [0.5, 0.6) is 0 Å². The first-order chi connectivity index (χ1) is 13.5. The van der Waals surface area contributed by atoms with Crippen LogP contribution >= 0.6 is 23.2 Å². The number of fused-ring (bicyclic) bond motifs is 1. The Morgan fingerprint density at radius 1 is 1.18 bits per heavy atom. The normalized spacial score (nSPS) is 17.2. The van der Waals surface area contributed by atoms with E-state index in [1.54, 1.807) is 12.4 Å². The molecule has 1 unspecified atom stereocenters. The van der Waals surface area contributed by atoms with Crippen LogP contribution in [0.3, 0.4) is 0 Å². The summed E-state index contributed by atoms with van der Waals surface area (Å²) < 4.78 is 2.00. The number of piperidine rings is 1. The first kappa shape index (κ1) is 19.0. The molecule has 0 saturated carbocycles. The molecule has 2 N–H and O–H groups in total. The monoisotopic (exact) mass is 418 g/mol. The van der Waals surface area contributed by atoms with E-state index < -0.39 is 0 Å². The molecule has 1 aliphatic rings. The number of nitrogens with two attached hydrogens (primary N) is 1. The molecule has 1 aliphatic heterocycles. The number of nitrogens with zero attached hydrogens (tertiary/aromatic N) is 5. The molecule has 28 heavy (non-hydrogen) atoms. The van der Waals surface area contributed by atoms with Crippen LogP contribution in [0.2, 0.25) is 10.0 Å². The lowest BCUT2D eigenvalue weighted by atomic mass is 10.0. The number of hydrogen-bond acceptors (Lipinski definition) is 5. The molecule has 0 radical (unpaired) electrons. The summed E-state index contributed by atoms with van der Waals surface area (Å²) in [5.74, 6) is 0.493. The zero-order valence-electron chi connectivity index (χ0n) is 15.2. The second kappa shape index (κ2) is 7.93. The maximum Gasteiger partial charge on any atom is 0.222 e. The van der Waals surface area contributed by atoms with Crippen LogP contribution < -0.4 is 5.73 Å². The van der Waals surface area contributed by atoms with E-state index in [1.807, 2.05) is 21.6 Å². The lowest BCUT2D eigenvalue weighted by Crippen LogP contribution is -2.40. The molecule has 9 heteroatoms. The Kier molecular flexibility index (Phi) is 5.37. The number of benzene rings is 1. The van der Waals surface area contributed by atoms with Gasteiger partial charge in [-0.3, -0.25) is 4.79 Å². The van der Waals surface area contributed by atoms with Crippen molar-refractivity contribution in [3.63, 3.8) is 0 Å². The lowest BCUT2D eigenvalue weighted by Gasteiger charge is -2.33. The number of likely N-dealkylation sites (tertiary alicyclic amines) is 1. The number of halogens is 2. The Hall–Kier alpha value is -2.38. The topological polar surface area (TPSA) is 89.9 Å². The van der Waals surface area contributed by atoms with Crippen molar-refractivity contribution in [2.75, 3.05) is 18.8 Å². The summed E-state index contributed by atoms with van der Waals surface area (Å²) in [5, 5.41) is 1.17. The highest BCUT2D eigenvalue weighted by Gasteiger charge is 2.26. The smallest absolute Gasteiger partial charge is 0.222 e. The van der Waals surface area contributed by atoms with Gasteiger partial charge in [0.2, 0.25) is 5.91 Å². The zero-order chi connectivity index (χ0) is 19.7. The average Bonchev–Trinajstić information content (AvgIpc) is 3.11. The van der Waals surface area contributed by atoms with Crippen molar-refractivity contribution in [1.29, 1.82) is 0 Å². The molecular formula is C19H20Cl2N6O. The van der Waals surface area contributed by atoms with Gasteiger partial charge >= 0.3 is 0 Å².